The number of nitrogens with one attached hydrogen (secondary N) is 1. The van der Waals surface area contributed by atoms with Gasteiger partial charge in [0.05, 0.1) is 6.61 Å². The van der Waals surface area contributed by atoms with E-state index in [1.807, 2.05) is 0 Å². The highest BCUT2D eigenvalue weighted by atomic mass is 16.5. The first-order valence-corrected chi connectivity index (χ1v) is 6.69. The van der Waals surface area contributed by atoms with Crippen LogP contribution in [-0.4, -0.2) is 19.7 Å². The molecule has 1 heterocycles. The summed E-state index contributed by atoms with van der Waals surface area (Å²) in [6.45, 7) is 5.50. The second-order valence-corrected chi connectivity index (χ2v) is 5.81. The molecular weight excluding hydrogens is 210 g/mol. The summed E-state index contributed by atoms with van der Waals surface area (Å²) in [5.41, 5.74) is 1.98. The first-order valence-electron chi connectivity index (χ1n) is 6.69. The molecule has 2 aliphatic rings. The summed E-state index contributed by atoms with van der Waals surface area (Å²) >= 11 is 0. The summed E-state index contributed by atoms with van der Waals surface area (Å²) in [6, 6.07) is 8.46. The Morgan fingerprint density at radius 1 is 1.35 bits per heavy atom. The Kier molecular flexibility index (Phi) is 2.83. The first-order chi connectivity index (χ1) is 8.27. The second-order valence-electron chi connectivity index (χ2n) is 5.81. The van der Waals surface area contributed by atoms with Crippen molar-refractivity contribution in [3.63, 3.8) is 0 Å². The zero-order valence-corrected chi connectivity index (χ0v) is 10.5. The van der Waals surface area contributed by atoms with Crippen molar-refractivity contribution < 1.29 is 4.74 Å². The van der Waals surface area contributed by atoms with Crippen LogP contribution in [0, 0.1) is 5.41 Å². The van der Waals surface area contributed by atoms with Gasteiger partial charge in [-0.2, -0.15) is 0 Å². The third-order valence-electron chi connectivity index (χ3n) is 4.13. The third kappa shape index (κ3) is 2.47. The van der Waals surface area contributed by atoms with E-state index >= 15 is 0 Å². The second kappa shape index (κ2) is 4.34. The SMILES string of the molecule is CC1(CNCC2CCOc3ccccc32)CC1. The number of hydrogen-bond acceptors (Lipinski definition) is 2. The number of fused-ring (bicyclic) bond motifs is 1. The van der Waals surface area contributed by atoms with Gasteiger partial charge < -0.3 is 10.1 Å². The standard InChI is InChI=1S/C15H21NO/c1-15(7-8-15)11-16-10-12-6-9-17-14-5-3-2-4-13(12)14/h2-5,12,16H,6-11H2,1H3. The van der Waals surface area contributed by atoms with E-state index in [-0.39, 0.29) is 0 Å². The molecule has 1 aliphatic heterocycles. The molecule has 1 fully saturated rings. The van der Waals surface area contributed by atoms with E-state index in [2.05, 4.69) is 36.5 Å². The van der Waals surface area contributed by atoms with Gasteiger partial charge in [0.15, 0.2) is 0 Å². The maximum Gasteiger partial charge on any atom is 0.122 e. The number of benzene rings is 1. The lowest BCUT2D eigenvalue weighted by Gasteiger charge is -2.26. The Labute approximate surface area is 103 Å². The number of rotatable bonds is 4. The van der Waals surface area contributed by atoms with Crippen LogP contribution in [0.3, 0.4) is 0 Å². The van der Waals surface area contributed by atoms with Crippen molar-refractivity contribution in [2.75, 3.05) is 19.7 Å². The van der Waals surface area contributed by atoms with Gasteiger partial charge in [-0.3, -0.25) is 0 Å². The molecule has 0 aromatic heterocycles. The largest absolute Gasteiger partial charge is 0.493 e. The van der Waals surface area contributed by atoms with Crippen LogP contribution < -0.4 is 10.1 Å². The zero-order valence-electron chi connectivity index (χ0n) is 10.5. The molecule has 1 N–H and O–H groups in total. The lowest BCUT2D eigenvalue weighted by Crippen LogP contribution is -2.29. The van der Waals surface area contributed by atoms with Crippen LogP contribution in [0.15, 0.2) is 24.3 Å². The number of hydrogen-bond donors (Lipinski definition) is 1. The van der Waals surface area contributed by atoms with Gasteiger partial charge in [-0.25, -0.2) is 0 Å². The Morgan fingerprint density at radius 2 is 2.18 bits per heavy atom. The molecule has 1 aromatic carbocycles. The van der Waals surface area contributed by atoms with Crippen LogP contribution in [0.4, 0.5) is 0 Å². The van der Waals surface area contributed by atoms with Crippen LogP contribution in [0.1, 0.15) is 37.7 Å². The maximum atomic E-state index is 5.69. The van der Waals surface area contributed by atoms with Gasteiger partial charge in [0, 0.05) is 19.0 Å². The maximum absolute atomic E-state index is 5.69. The summed E-state index contributed by atoms with van der Waals surface area (Å²) in [6.07, 6.45) is 3.93. The molecule has 0 spiro atoms. The van der Waals surface area contributed by atoms with E-state index < -0.39 is 0 Å². The summed E-state index contributed by atoms with van der Waals surface area (Å²) in [5, 5.41) is 3.64. The average Bonchev–Trinajstić information content (AvgIpc) is 3.08. The Balaban J connectivity index is 1.60. The van der Waals surface area contributed by atoms with Crippen molar-refractivity contribution in [3.05, 3.63) is 29.8 Å². The predicted molar refractivity (Wildman–Crippen MR) is 69.5 cm³/mol. The Bertz CT molecular complexity index is 398. The molecule has 0 bridgehead atoms. The van der Waals surface area contributed by atoms with E-state index in [1.54, 1.807) is 0 Å². The third-order valence-corrected chi connectivity index (χ3v) is 4.13. The fourth-order valence-electron chi connectivity index (χ4n) is 2.57. The van der Waals surface area contributed by atoms with Gasteiger partial charge >= 0.3 is 0 Å². The van der Waals surface area contributed by atoms with Gasteiger partial charge in [0.2, 0.25) is 0 Å². The molecule has 1 unspecified atom stereocenters. The Morgan fingerprint density at radius 3 is 3.00 bits per heavy atom. The van der Waals surface area contributed by atoms with Gasteiger partial charge in [-0.15, -0.1) is 0 Å². The van der Waals surface area contributed by atoms with Crippen LogP contribution in [0.25, 0.3) is 0 Å². The molecule has 1 aliphatic carbocycles. The van der Waals surface area contributed by atoms with Crippen LogP contribution >= 0.6 is 0 Å². The van der Waals surface area contributed by atoms with Gasteiger partial charge in [0.1, 0.15) is 5.75 Å². The number of para-hydroxylation sites is 1. The quantitative estimate of drug-likeness (QED) is 0.860. The molecule has 92 valence electrons. The molecule has 1 saturated carbocycles. The van der Waals surface area contributed by atoms with E-state index in [1.165, 1.54) is 24.9 Å². The molecule has 2 nitrogen and oxygen atoms in total. The van der Waals surface area contributed by atoms with E-state index in [4.69, 9.17) is 4.74 Å². The summed E-state index contributed by atoms with van der Waals surface area (Å²) in [5.74, 6) is 1.71. The molecule has 17 heavy (non-hydrogen) atoms. The molecular formula is C15H21NO. The highest BCUT2D eigenvalue weighted by molar-refractivity contribution is 5.37. The minimum absolute atomic E-state index is 0.602. The molecule has 0 saturated heterocycles. The van der Waals surface area contributed by atoms with Crippen LogP contribution in [0.2, 0.25) is 0 Å². The van der Waals surface area contributed by atoms with Crippen molar-refractivity contribution in [3.8, 4) is 5.75 Å². The normalized spacial score (nSPS) is 24.9. The Hall–Kier alpha value is -1.02. The van der Waals surface area contributed by atoms with Crippen LogP contribution in [-0.2, 0) is 0 Å². The summed E-state index contributed by atoms with van der Waals surface area (Å²) in [7, 11) is 0. The van der Waals surface area contributed by atoms with Gasteiger partial charge in [-0.1, -0.05) is 25.1 Å². The van der Waals surface area contributed by atoms with Crippen molar-refractivity contribution in [2.24, 2.45) is 5.41 Å². The molecule has 1 atom stereocenters. The minimum Gasteiger partial charge on any atom is -0.493 e. The summed E-state index contributed by atoms with van der Waals surface area (Å²) in [4.78, 5) is 0. The molecule has 2 heteroatoms. The fourth-order valence-corrected chi connectivity index (χ4v) is 2.57. The summed E-state index contributed by atoms with van der Waals surface area (Å²) < 4.78 is 5.69. The van der Waals surface area contributed by atoms with Crippen molar-refractivity contribution >= 4 is 0 Å². The minimum atomic E-state index is 0.602. The average molecular weight is 231 g/mol. The molecule has 0 amide bonds. The van der Waals surface area contributed by atoms with Crippen molar-refractivity contribution in [1.29, 1.82) is 0 Å². The van der Waals surface area contributed by atoms with E-state index in [0.29, 0.717) is 11.3 Å². The predicted octanol–water partition coefficient (Wildman–Crippen LogP) is 2.94. The van der Waals surface area contributed by atoms with Crippen molar-refractivity contribution in [2.45, 2.75) is 32.1 Å². The van der Waals surface area contributed by atoms with E-state index in [9.17, 15) is 0 Å². The monoisotopic (exact) mass is 231 g/mol. The molecule has 0 radical (unpaired) electrons. The zero-order chi connectivity index (χ0) is 11.7. The fraction of sp³-hybridized carbons (Fsp3) is 0.600. The lowest BCUT2D eigenvalue weighted by molar-refractivity contribution is 0.263. The first kappa shape index (κ1) is 11.1. The van der Waals surface area contributed by atoms with Gasteiger partial charge in [0.25, 0.3) is 0 Å². The van der Waals surface area contributed by atoms with Crippen molar-refractivity contribution in [1.82, 2.24) is 5.32 Å². The van der Waals surface area contributed by atoms with E-state index in [0.717, 1.165) is 25.3 Å². The smallest absolute Gasteiger partial charge is 0.122 e. The van der Waals surface area contributed by atoms with Crippen LogP contribution in [0.5, 0.6) is 5.75 Å². The molecule has 3 rings (SSSR count). The topological polar surface area (TPSA) is 21.3 Å². The highest BCUT2D eigenvalue weighted by Crippen LogP contribution is 2.44. The molecule has 1 aromatic rings. The lowest BCUT2D eigenvalue weighted by atomic mass is 9.93. The highest BCUT2D eigenvalue weighted by Gasteiger charge is 2.36. The number of ether oxygens (including phenoxy) is 1. The van der Waals surface area contributed by atoms with Gasteiger partial charge in [-0.05, 0) is 36.3 Å².